The lowest BCUT2D eigenvalue weighted by molar-refractivity contribution is -0.157. The number of rotatable bonds is 8. The minimum atomic E-state index is -1.35. The Hall–Kier alpha value is -1.90. The molecule has 0 aromatic rings. The SMILES string of the molecule is CC(C)[C@@H](C(=O)OCC[Si](C)(C)C)N(C)C(=O)[C@H]1CCN(C(=O)OC(C)(C)C)[C@@H]1C=O. The monoisotopic (exact) mass is 456 g/mol. The Morgan fingerprint density at radius 2 is 1.77 bits per heavy atom. The van der Waals surface area contributed by atoms with Crippen molar-refractivity contribution < 1.29 is 28.7 Å². The molecule has 2 amide bonds. The molecule has 0 N–H and O–H groups in total. The minimum Gasteiger partial charge on any atom is -0.464 e. The van der Waals surface area contributed by atoms with Gasteiger partial charge in [0.1, 0.15) is 24.0 Å². The number of amides is 2. The van der Waals surface area contributed by atoms with Crippen LogP contribution in [0.4, 0.5) is 4.79 Å². The summed E-state index contributed by atoms with van der Waals surface area (Å²) < 4.78 is 10.9. The Morgan fingerprint density at radius 1 is 1.19 bits per heavy atom. The Morgan fingerprint density at radius 3 is 2.23 bits per heavy atom. The Bertz CT molecular complexity index is 668. The van der Waals surface area contributed by atoms with Gasteiger partial charge in [-0.3, -0.25) is 9.69 Å². The number of hydrogen-bond donors (Lipinski definition) is 0. The lowest BCUT2D eigenvalue weighted by Crippen LogP contribution is -2.51. The number of carbonyl (C=O) groups excluding carboxylic acids is 4. The van der Waals surface area contributed by atoms with E-state index >= 15 is 0 Å². The summed E-state index contributed by atoms with van der Waals surface area (Å²) in [6.07, 6.45) is 0.333. The molecule has 1 saturated heterocycles. The first-order chi connectivity index (χ1) is 14.1. The maximum atomic E-state index is 13.2. The number of likely N-dealkylation sites (N-methyl/N-ethyl adjacent to an activating group) is 1. The molecular weight excluding hydrogens is 416 g/mol. The lowest BCUT2D eigenvalue weighted by Gasteiger charge is -2.33. The standard InChI is InChI=1S/C22H40N2O6Si/c1-15(2)18(20(27)29-12-13-31(7,8)9)23(6)19(26)16-10-11-24(17(16)14-25)21(28)30-22(3,4)5/h14-18H,10-13H2,1-9H3/t16-,17+,18-/m0/s1. The van der Waals surface area contributed by atoms with Crippen LogP contribution in [0, 0.1) is 11.8 Å². The van der Waals surface area contributed by atoms with Gasteiger partial charge in [-0.05, 0) is 39.2 Å². The summed E-state index contributed by atoms with van der Waals surface area (Å²) in [5.74, 6) is -1.66. The summed E-state index contributed by atoms with van der Waals surface area (Å²) in [5.41, 5.74) is -0.703. The second-order valence-corrected chi connectivity index (χ2v) is 16.4. The molecule has 178 valence electrons. The van der Waals surface area contributed by atoms with Crippen molar-refractivity contribution in [1.29, 1.82) is 0 Å². The van der Waals surface area contributed by atoms with Crippen LogP contribution in [0.15, 0.2) is 0 Å². The van der Waals surface area contributed by atoms with Crippen LogP contribution in [0.3, 0.4) is 0 Å². The Labute approximate surface area is 187 Å². The first-order valence-electron chi connectivity index (χ1n) is 11.0. The highest BCUT2D eigenvalue weighted by atomic mass is 28.3. The van der Waals surface area contributed by atoms with Gasteiger partial charge in [0.05, 0.1) is 12.5 Å². The Kier molecular flexibility index (Phi) is 9.29. The molecule has 31 heavy (non-hydrogen) atoms. The molecule has 0 unspecified atom stereocenters. The van der Waals surface area contributed by atoms with Gasteiger partial charge in [-0.2, -0.15) is 0 Å². The molecule has 0 saturated carbocycles. The van der Waals surface area contributed by atoms with Crippen LogP contribution >= 0.6 is 0 Å². The molecule has 1 aliphatic heterocycles. The van der Waals surface area contributed by atoms with Crippen LogP contribution in [0.1, 0.15) is 41.0 Å². The van der Waals surface area contributed by atoms with E-state index in [0.29, 0.717) is 19.3 Å². The van der Waals surface area contributed by atoms with Crippen molar-refractivity contribution >= 4 is 32.3 Å². The summed E-state index contributed by atoms with van der Waals surface area (Å²) >= 11 is 0. The summed E-state index contributed by atoms with van der Waals surface area (Å²) in [4.78, 5) is 52.9. The van der Waals surface area contributed by atoms with Gasteiger partial charge >= 0.3 is 12.1 Å². The van der Waals surface area contributed by atoms with Crippen molar-refractivity contribution in [1.82, 2.24) is 9.80 Å². The fraction of sp³-hybridized carbons (Fsp3) is 0.818. The van der Waals surface area contributed by atoms with E-state index in [4.69, 9.17) is 9.47 Å². The summed E-state index contributed by atoms with van der Waals surface area (Å²) in [5, 5.41) is 0. The molecule has 0 aliphatic carbocycles. The molecule has 0 bridgehead atoms. The average molecular weight is 457 g/mol. The fourth-order valence-corrected chi connectivity index (χ4v) is 4.32. The summed E-state index contributed by atoms with van der Waals surface area (Å²) in [6, 6.07) is -0.820. The van der Waals surface area contributed by atoms with Crippen LogP contribution in [-0.4, -0.2) is 80.0 Å². The lowest BCUT2D eigenvalue weighted by atomic mass is 9.96. The molecule has 0 aromatic heterocycles. The first kappa shape index (κ1) is 27.1. The van der Waals surface area contributed by atoms with Crippen molar-refractivity contribution in [3.05, 3.63) is 0 Å². The largest absolute Gasteiger partial charge is 0.464 e. The van der Waals surface area contributed by atoms with Gasteiger partial charge in [-0.15, -0.1) is 0 Å². The Balaban J connectivity index is 2.91. The van der Waals surface area contributed by atoms with Crippen molar-refractivity contribution in [2.75, 3.05) is 20.2 Å². The number of ether oxygens (including phenoxy) is 2. The maximum Gasteiger partial charge on any atom is 0.410 e. The van der Waals surface area contributed by atoms with Gasteiger partial charge in [0.2, 0.25) is 5.91 Å². The van der Waals surface area contributed by atoms with E-state index in [-0.39, 0.29) is 18.4 Å². The molecule has 1 aliphatic rings. The molecule has 0 spiro atoms. The van der Waals surface area contributed by atoms with E-state index in [1.165, 1.54) is 9.80 Å². The average Bonchev–Trinajstić information content (AvgIpc) is 3.02. The highest BCUT2D eigenvalue weighted by Gasteiger charge is 2.45. The van der Waals surface area contributed by atoms with E-state index in [0.717, 1.165) is 6.04 Å². The van der Waals surface area contributed by atoms with Crippen molar-refractivity contribution in [3.8, 4) is 0 Å². The summed E-state index contributed by atoms with van der Waals surface area (Å²) in [6.45, 7) is 16.1. The number of aldehydes is 1. The quantitative estimate of drug-likeness (QED) is 0.316. The number of likely N-dealkylation sites (tertiary alicyclic amines) is 1. The molecule has 0 radical (unpaired) electrons. The van der Waals surface area contributed by atoms with E-state index in [2.05, 4.69) is 19.6 Å². The topological polar surface area (TPSA) is 93.2 Å². The highest BCUT2D eigenvalue weighted by molar-refractivity contribution is 6.76. The number of hydrogen-bond acceptors (Lipinski definition) is 6. The normalized spacial score (nSPS) is 20.4. The van der Waals surface area contributed by atoms with Crippen molar-refractivity contribution in [2.24, 2.45) is 11.8 Å². The van der Waals surface area contributed by atoms with Gasteiger partial charge in [0, 0.05) is 21.7 Å². The number of esters is 1. The maximum absolute atomic E-state index is 13.2. The van der Waals surface area contributed by atoms with E-state index < -0.39 is 43.7 Å². The van der Waals surface area contributed by atoms with Crippen molar-refractivity contribution in [3.63, 3.8) is 0 Å². The predicted molar refractivity (Wildman–Crippen MR) is 121 cm³/mol. The highest BCUT2D eigenvalue weighted by Crippen LogP contribution is 2.28. The third kappa shape index (κ3) is 7.94. The smallest absolute Gasteiger partial charge is 0.410 e. The van der Waals surface area contributed by atoms with Gasteiger partial charge < -0.3 is 19.2 Å². The third-order valence-corrected chi connectivity index (χ3v) is 6.98. The van der Waals surface area contributed by atoms with Gasteiger partial charge in [0.15, 0.2) is 0 Å². The van der Waals surface area contributed by atoms with Crippen LogP contribution in [-0.2, 0) is 23.9 Å². The minimum absolute atomic E-state index is 0.161. The molecule has 1 heterocycles. The zero-order chi connectivity index (χ0) is 24.1. The fourth-order valence-electron chi connectivity index (χ4n) is 3.61. The molecule has 9 heteroatoms. The molecule has 3 atom stereocenters. The van der Waals surface area contributed by atoms with Crippen LogP contribution in [0.25, 0.3) is 0 Å². The molecule has 1 fully saturated rings. The van der Waals surface area contributed by atoms with Gasteiger partial charge in [-0.1, -0.05) is 33.5 Å². The molecule has 8 nitrogen and oxygen atoms in total. The molecular formula is C22H40N2O6Si. The van der Waals surface area contributed by atoms with Crippen molar-refractivity contribution in [2.45, 2.75) is 84.4 Å². The molecule has 1 rings (SSSR count). The number of nitrogens with zero attached hydrogens (tertiary/aromatic N) is 2. The summed E-state index contributed by atoms with van der Waals surface area (Å²) in [7, 11) is 0.208. The van der Waals surface area contributed by atoms with Crippen LogP contribution < -0.4 is 0 Å². The van der Waals surface area contributed by atoms with E-state index in [1.54, 1.807) is 27.8 Å². The predicted octanol–water partition coefficient (Wildman–Crippen LogP) is 3.18. The number of carbonyl (C=O) groups is 4. The first-order valence-corrected chi connectivity index (χ1v) is 14.7. The van der Waals surface area contributed by atoms with Gasteiger partial charge in [0.25, 0.3) is 0 Å². The van der Waals surface area contributed by atoms with Crippen LogP contribution in [0.2, 0.25) is 25.7 Å². The van der Waals surface area contributed by atoms with Crippen LogP contribution in [0.5, 0.6) is 0 Å². The second kappa shape index (κ2) is 10.6. The van der Waals surface area contributed by atoms with E-state index in [9.17, 15) is 19.2 Å². The zero-order valence-corrected chi connectivity index (χ0v) is 21.6. The zero-order valence-electron chi connectivity index (χ0n) is 20.6. The van der Waals surface area contributed by atoms with Gasteiger partial charge in [-0.25, -0.2) is 9.59 Å². The van der Waals surface area contributed by atoms with E-state index in [1.807, 2.05) is 13.8 Å². The second-order valence-electron chi connectivity index (χ2n) is 10.8. The third-order valence-electron chi connectivity index (χ3n) is 5.27. The molecule has 0 aromatic carbocycles.